The largest absolute Gasteiger partial charge is 0.431 e. The maximum Gasteiger partial charge on any atom is 0.431 e. The van der Waals surface area contributed by atoms with Gasteiger partial charge in [0.15, 0.2) is 0 Å². The number of halogens is 3. The van der Waals surface area contributed by atoms with Crippen LogP contribution in [0.2, 0.25) is 0 Å². The van der Waals surface area contributed by atoms with Crippen LogP contribution < -0.4 is 5.73 Å². The van der Waals surface area contributed by atoms with E-state index in [9.17, 15) is 13.2 Å². The predicted molar refractivity (Wildman–Crippen MR) is 65.3 cm³/mol. The van der Waals surface area contributed by atoms with E-state index in [1.165, 1.54) is 6.07 Å². The third-order valence-corrected chi connectivity index (χ3v) is 2.96. The first-order valence-corrected chi connectivity index (χ1v) is 5.90. The standard InChI is InChI=1S/C13H15F3N2/c14-13(15,16)12-8-10-9(4-1-2-7-17)5-3-6-11(10)18-12/h3,5-6,8,18H,1-2,4,7,17H2. The van der Waals surface area contributed by atoms with Gasteiger partial charge in [0.25, 0.3) is 0 Å². The average molecular weight is 256 g/mol. The molecular weight excluding hydrogens is 241 g/mol. The molecule has 0 saturated heterocycles. The van der Waals surface area contributed by atoms with Crippen molar-refractivity contribution >= 4 is 10.9 Å². The lowest BCUT2D eigenvalue weighted by molar-refractivity contribution is -0.140. The van der Waals surface area contributed by atoms with Crippen molar-refractivity contribution in [2.24, 2.45) is 5.73 Å². The van der Waals surface area contributed by atoms with Crippen LogP contribution in [0.4, 0.5) is 13.2 Å². The van der Waals surface area contributed by atoms with E-state index in [-0.39, 0.29) is 0 Å². The summed E-state index contributed by atoms with van der Waals surface area (Å²) >= 11 is 0. The minimum absolute atomic E-state index is 0.535. The Hall–Kier alpha value is -1.49. The smallest absolute Gasteiger partial charge is 0.351 e. The highest BCUT2D eigenvalue weighted by Gasteiger charge is 2.32. The van der Waals surface area contributed by atoms with Crippen molar-refractivity contribution in [3.05, 3.63) is 35.5 Å². The van der Waals surface area contributed by atoms with Crippen molar-refractivity contribution in [2.75, 3.05) is 6.54 Å². The first-order valence-electron chi connectivity index (χ1n) is 5.90. The Labute approximate surface area is 103 Å². The van der Waals surface area contributed by atoms with Gasteiger partial charge in [-0.2, -0.15) is 13.2 Å². The number of nitrogens with one attached hydrogen (secondary N) is 1. The Bertz CT molecular complexity index is 529. The van der Waals surface area contributed by atoms with Crippen molar-refractivity contribution < 1.29 is 13.2 Å². The molecule has 0 saturated carbocycles. The molecule has 3 N–H and O–H groups in total. The highest BCUT2D eigenvalue weighted by molar-refractivity contribution is 5.84. The molecule has 2 nitrogen and oxygen atoms in total. The van der Waals surface area contributed by atoms with Crippen LogP contribution in [0.1, 0.15) is 24.1 Å². The number of hydrogen-bond donors (Lipinski definition) is 2. The van der Waals surface area contributed by atoms with Gasteiger partial charge in [0.2, 0.25) is 0 Å². The van der Waals surface area contributed by atoms with Gasteiger partial charge in [-0.3, -0.25) is 0 Å². The molecule has 1 heterocycles. The van der Waals surface area contributed by atoms with Gasteiger partial charge in [-0.1, -0.05) is 12.1 Å². The molecule has 1 aromatic heterocycles. The molecule has 0 unspecified atom stereocenters. The zero-order valence-electron chi connectivity index (χ0n) is 9.85. The van der Waals surface area contributed by atoms with Gasteiger partial charge in [0.05, 0.1) is 0 Å². The summed E-state index contributed by atoms with van der Waals surface area (Å²) in [4.78, 5) is 2.42. The predicted octanol–water partition coefficient (Wildman–Crippen LogP) is 3.47. The second-order valence-corrected chi connectivity index (χ2v) is 4.30. The molecule has 2 aromatic rings. The van der Waals surface area contributed by atoms with Gasteiger partial charge in [-0.25, -0.2) is 0 Å². The van der Waals surface area contributed by atoms with Gasteiger partial charge in [-0.05, 0) is 43.5 Å². The van der Waals surface area contributed by atoms with E-state index >= 15 is 0 Å². The molecule has 0 spiro atoms. The van der Waals surface area contributed by atoms with Gasteiger partial charge >= 0.3 is 6.18 Å². The number of aryl methyl sites for hydroxylation is 1. The number of aromatic amines is 1. The molecule has 2 rings (SSSR count). The molecule has 98 valence electrons. The van der Waals surface area contributed by atoms with Crippen LogP contribution in [-0.2, 0) is 12.6 Å². The normalized spacial score (nSPS) is 12.2. The van der Waals surface area contributed by atoms with Gasteiger partial charge in [0.1, 0.15) is 5.69 Å². The molecule has 0 aliphatic carbocycles. The summed E-state index contributed by atoms with van der Waals surface area (Å²) in [5.74, 6) is 0. The summed E-state index contributed by atoms with van der Waals surface area (Å²) in [6.45, 7) is 0.608. The maximum atomic E-state index is 12.6. The fourth-order valence-electron chi connectivity index (χ4n) is 2.05. The zero-order chi connectivity index (χ0) is 13.2. The van der Waals surface area contributed by atoms with Crippen molar-refractivity contribution in [2.45, 2.75) is 25.4 Å². The number of fused-ring (bicyclic) bond motifs is 1. The fourth-order valence-corrected chi connectivity index (χ4v) is 2.05. The Balaban J connectivity index is 2.33. The van der Waals surface area contributed by atoms with Gasteiger partial charge in [-0.15, -0.1) is 0 Å². The third kappa shape index (κ3) is 2.67. The Kier molecular flexibility index (Phi) is 3.61. The minimum atomic E-state index is -4.33. The summed E-state index contributed by atoms with van der Waals surface area (Å²) in [5.41, 5.74) is 6.19. The van der Waals surface area contributed by atoms with Crippen LogP contribution in [0, 0.1) is 0 Å². The summed E-state index contributed by atoms with van der Waals surface area (Å²) in [5, 5.41) is 0.654. The van der Waals surface area contributed by atoms with Crippen molar-refractivity contribution in [3.8, 4) is 0 Å². The summed E-state index contributed by atoms with van der Waals surface area (Å²) in [6, 6.07) is 6.49. The number of H-pyrrole nitrogens is 1. The number of nitrogens with two attached hydrogens (primary N) is 1. The first-order chi connectivity index (χ1) is 8.52. The molecular formula is C13H15F3N2. The average Bonchev–Trinajstić information content (AvgIpc) is 2.73. The molecule has 0 aliphatic rings. The lowest BCUT2D eigenvalue weighted by atomic mass is 10.0. The van der Waals surface area contributed by atoms with E-state index in [1.54, 1.807) is 12.1 Å². The number of hydrogen-bond acceptors (Lipinski definition) is 1. The number of benzene rings is 1. The van der Waals surface area contributed by atoms with Crippen LogP contribution in [0.5, 0.6) is 0 Å². The molecule has 5 heteroatoms. The highest BCUT2D eigenvalue weighted by Crippen LogP contribution is 2.32. The van der Waals surface area contributed by atoms with Crippen molar-refractivity contribution in [1.82, 2.24) is 4.98 Å². The molecule has 0 atom stereocenters. The number of rotatable bonds is 4. The molecule has 0 fully saturated rings. The second kappa shape index (κ2) is 5.02. The van der Waals surface area contributed by atoms with Crippen molar-refractivity contribution in [1.29, 1.82) is 0 Å². The van der Waals surface area contributed by atoms with E-state index in [0.717, 1.165) is 24.8 Å². The van der Waals surface area contributed by atoms with Crippen LogP contribution in [-0.4, -0.2) is 11.5 Å². The van der Waals surface area contributed by atoms with E-state index in [0.29, 0.717) is 17.4 Å². The van der Waals surface area contributed by atoms with Crippen LogP contribution in [0.25, 0.3) is 10.9 Å². The zero-order valence-corrected chi connectivity index (χ0v) is 9.85. The lowest BCUT2D eigenvalue weighted by Gasteiger charge is -2.02. The second-order valence-electron chi connectivity index (χ2n) is 4.30. The third-order valence-electron chi connectivity index (χ3n) is 2.96. The summed E-state index contributed by atoms with van der Waals surface area (Å²) < 4.78 is 37.8. The topological polar surface area (TPSA) is 41.8 Å². The number of alkyl halides is 3. The quantitative estimate of drug-likeness (QED) is 0.808. The van der Waals surface area contributed by atoms with E-state index in [2.05, 4.69) is 4.98 Å². The summed E-state index contributed by atoms with van der Waals surface area (Å²) in [7, 11) is 0. The first kappa shape index (κ1) is 13.0. The van der Waals surface area contributed by atoms with Crippen LogP contribution in [0.15, 0.2) is 24.3 Å². The molecule has 1 aromatic carbocycles. The van der Waals surface area contributed by atoms with Crippen LogP contribution in [0.3, 0.4) is 0 Å². The minimum Gasteiger partial charge on any atom is -0.351 e. The lowest BCUT2D eigenvalue weighted by Crippen LogP contribution is -2.04. The SMILES string of the molecule is NCCCCc1cccc2[nH]c(C(F)(F)F)cc12. The molecule has 0 radical (unpaired) electrons. The van der Waals surface area contributed by atoms with Crippen LogP contribution >= 0.6 is 0 Å². The number of unbranched alkanes of at least 4 members (excludes halogenated alkanes) is 1. The Morgan fingerprint density at radius 3 is 2.61 bits per heavy atom. The van der Waals surface area contributed by atoms with E-state index < -0.39 is 11.9 Å². The van der Waals surface area contributed by atoms with E-state index in [1.807, 2.05) is 6.07 Å². The highest BCUT2D eigenvalue weighted by atomic mass is 19.4. The Morgan fingerprint density at radius 1 is 1.17 bits per heavy atom. The van der Waals surface area contributed by atoms with Gasteiger partial charge in [0, 0.05) is 10.9 Å². The summed E-state index contributed by atoms with van der Waals surface area (Å²) in [6.07, 6.45) is -1.80. The molecule has 0 aliphatic heterocycles. The van der Waals surface area contributed by atoms with Crippen molar-refractivity contribution in [3.63, 3.8) is 0 Å². The monoisotopic (exact) mass is 256 g/mol. The molecule has 18 heavy (non-hydrogen) atoms. The van der Waals surface area contributed by atoms with Gasteiger partial charge < -0.3 is 10.7 Å². The fraction of sp³-hybridized carbons (Fsp3) is 0.385. The molecule has 0 amide bonds. The molecule has 0 bridgehead atoms. The Morgan fingerprint density at radius 2 is 1.94 bits per heavy atom. The van der Waals surface area contributed by atoms with E-state index in [4.69, 9.17) is 5.73 Å². The maximum absolute atomic E-state index is 12.6. The number of aromatic nitrogens is 1.